The van der Waals surface area contributed by atoms with Gasteiger partial charge < -0.3 is 0 Å². The number of nitrogens with zero attached hydrogens (tertiary/aromatic N) is 1. The fourth-order valence-corrected chi connectivity index (χ4v) is 2.58. The lowest BCUT2D eigenvalue weighted by atomic mass is 10.2. The van der Waals surface area contributed by atoms with Crippen LogP contribution in [-0.2, 0) is 6.18 Å². The molecule has 0 amide bonds. The Balaban J connectivity index is 2.57. The van der Waals surface area contributed by atoms with Gasteiger partial charge >= 0.3 is 6.18 Å². The molecule has 0 aliphatic rings. The number of alkyl halides is 3. The Morgan fingerprint density at radius 3 is 2.41 bits per heavy atom. The van der Waals surface area contributed by atoms with Crippen molar-refractivity contribution in [2.24, 2.45) is 0 Å². The number of thiophene rings is 1. The predicted octanol–water partition coefficient (Wildman–Crippen LogP) is 5.14. The minimum absolute atomic E-state index is 0.129. The first-order valence-corrected chi connectivity index (χ1v) is 5.99. The summed E-state index contributed by atoms with van der Waals surface area (Å²) in [6, 6.07) is 3.31. The van der Waals surface area contributed by atoms with Crippen LogP contribution in [0.3, 0.4) is 0 Å². The summed E-state index contributed by atoms with van der Waals surface area (Å²) in [5.41, 5.74) is -0.707. The molecule has 0 aromatic carbocycles. The van der Waals surface area contributed by atoms with Gasteiger partial charge in [0.25, 0.3) is 0 Å². The monoisotopic (exact) mass is 297 g/mol. The molecule has 0 fully saturated rings. The maximum absolute atomic E-state index is 12.6. The maximum atomic E-state index is 12.6. The average Bonchev–Trinajstić information content (AvgIpc) is 2.62. The molecule has 0 aliphatic carbocycles. The van der Waals surface area contributed by atoms with Gasteiger partial charge in [0.2, 0.25) is 0 Å². The van der Waals surface area contributed by atoms with Crippen molar-refractivity contribution in [1.29, 1.82) is 0 Å². The van der Waals surface area contributed by atoms with Crippen molar-refractivity contribution < 1.29 is 13.2 Å². The zero-order valence-corrected chi connectivity index (χ0v) is 10.4. The first-order valence-electron chi connectivity index (χ1n) is 4.36. The SMILES string of the molecule is FC(F)(F)c1cc(Cl)nc(-c2sccc2Cl)c1. The Morgan fingerprint density at radius 2 is 1.88 bits per heavy atom. The molecule has 17 heavy (non-hydrogen) atoms. The van der Waals surface area contributed by atoms with Crippen LogP contribution < -0.4 is 0 Å². The zero-order chi connectivity index (χ0) is 12.6. The Bertz CT molecular complexity index is 551. The van der Waals surface area contributed by atoms with Gasteiger partial charge in [0, 0.05) is 0 Å². The second-order valence-corrected chi connectivity index (χ2v) is 4.87. The van der Waals surface area contributed by atoms with Crippen molar-refractivity contribution in [3.05, 3.63) is 39.3 Å². The summed E-state index contributed by atoms with van der Waals surface area (Å²) in [7, 11) is 0. The molecule has 2 rings (SSSR count). The normalized spacial score (nSPS) is 11.8. The number of rotatable bonds is 1. The van der Waals surface area contributed by atoms with Gasteiger partial charge in [-0.05, 0) is 23.6 Å². The van der Waals surface area contributed by atoms with E-state index in [4.69, 9.17) is 23.2 Å². The molecule has 0 aliphatic heterocycles. The summed E-state index contributed by atoms with van der Waals surface area (Å²) in [4.78, 5) is 4.31. The van der Waals surface area contributed by atoms with Crippen LogP contribution in [0.2, 0.25) is 10.2 Å². The van der Waals surface area contributed by atoms with Gasteiger partial charge in [-0.2, -0.15) is 13.2 Å². The van der Waals surface area contributed by atoms with Crippen LogP contribution in [0.15, 0.2) is 23.6 Å². The Morgan fingerprint density at radius 1 is 1.18 bits per heavy atom. The van der Waals surface area contributed by atoms with Gasteiger partial charge in [-0.1, -0.05) is 23.2 Å². The van der Waals surface area contributed by atoms with Crippen LogP contribution in [0.5, 0.6) is 0 Å². The zero-order valence-electron chi connectivity index (χ0n) is 8.05. The van der Waals surface area contributed by atoms with E-state index in [9.17, 15) is 13.2 Å². The predicted molar refractivity (Wildman–Crippen MR) is 62.6 cm³/mol. The Labute approximate surface area is 109 Å². The van der Waals surface area contributed by atoms with Crippen molar-refractivity contribution in [2.75, 3.05) is 0 Å². The number of aromatic nitrogens is 1. The van der Waals surface area contributed by atoms with E-state index >= 15 is 0 Å². The van der Waals surface area contributed by atoms with Crippen LogP contribution in [0.4, 0.5) is 13.2 Å². The van der Waals surface area contributed by atoms with Gasteiger partial charge in [-0.25, -0.2) is 4.98 Å². The van der Waals surface area contributed by atoms with E-state index in [0.29, 0.717) is 9.90 Å². The molecular formula is C10H4Cl2F3NS. The van der Waals surface area contributed by atoms with E-state index in [1.807, 2.05) is 0 Å². The highest BCUT2D eigenvalue weighted by molar-refractivity contribution is 7.14. The lowest BCUT2D eigenvalue weighted by Gasteiger charge is -2.08. The van der Waals surface area contributed by atoms with E-state index in [1.165, 1.54) is 11.3 Å². The summed E-state index contributed by atoms with van der Waals surface area (Å²) in [5, 5.41) is 1.82. The summed E-state index contributed by atoms with van der Waals surface area (Å²) < 4.78 is 37.7. The third-order valence-corrected chi connectivity index (χ3v) is 3.53. The van der Waals surface area contributed by atoms with Crippen LogP contribution >= 0.6 is 34.5 Å². The van der Waals surface area contributed by atoms with Gasteiger partial charge in [-0.3, -0.25) is 0 Å². The molecule has 0 saturated heterocycles. The smallest absolute Gasteiger partial charge is 0.235 e. The molecule has 0 bridgehead atoms. The second-order valence-electron chi connectivity index (χ2n) is 3.16. The first kappa shape index (κ1) is 12.7. The molecule has 0 saturated carbocycles. The lowest BCUT2D eigenvalue weighted by Crippen LogP contribution is -2.05. The molecule has 0 spiro atoms. The molecule has 2 heterocycles. The highest BCUT2D eigenvalue weighted by atomic mass is 35.5. The van der Waals surface area contributed by atoms with Crippen LogP contribution in [0.1, 0.15) is 5.56 Å². The summed E-state index contributed by atoms with van der Waals surface area (Å²) in [6.07, 6.45) is -4.45. The van der Waals surface area contributed by atoms with Gasteiger partial charge in [0.05, 0.1) is 21.2 Å². The van der Waals surface area contributed by atoms with Crippen molar-refractivity contribution >= 4 is 34.5 Å². The molecule has 2 aromatic rings. The van der Waals surface area contributed by atoms with Crippen molar-refractivity contribution in [1.82, 2.24) is 4.98 Å². The maximum Gasteiger partial charge on any atom is 0.416 e. The lowest BCUT2D eigenvalue weighted by molar-refractivity contribution is -0.137. The average molecular weight is 298 g/mol. The largest absolute Gasteiger partial charge is 0.416 e. The van der Waals surface area contributed by atoms with Crippen molar-refractivity contribution in [3.63, 3.8) is 0 Å². The number of hydrogen-bond donors (Lipinski definition) is 0. The van der Waals surface area contributed by atoms with E-state index in [0.717, 1.165) is 12.1 Å². The minimum atomic E-state index is -4.45. The van der Waals surface area contributed by atoms with Crippen molar-refractivity contribution in [3.8, 4) is 10.6 Å². The Kier molecular flexibility index (Phi) is 3.34. The van der Waals surface area contributed by atoms with Crippen LogP contribution in [0.25, 0.3) is 10.6 Å². The van der Waals surface area contributed by atoms with E-state index in [1.54, 1.807) is 11.4 Å². The number of halogens is 5. The molecule has 0 N–H and O–H groups in total. The molecule has 0 unspecified atom stereocenters. The molecular weight excluding hydrogens is 294 g/mol. The summed E-state index contributed by atoms with van der Waals surface area (Å²) in [6.45, 7) is 0. The molecule has 0 atom stereocenters. The molecule has 90 valence electrons. The molecule has 7 heteroatoms. The fraction of sp³-hybridized carbons (Fsp3) is 0.100. The molecule has 2 aromatic heterocycles. The first-order chi connectivity index (χ1) is 7.88. The van der Waals surface area contributed by atoms with Gasteiger partial charge in [-0.15, -0.1) is 11.3 Å². The number of pyridine rings is 1. The minimum Gasteiger partial charge on any atom is -0.235 e. The quantitative estimate of drug-likeness (QED) is 0.665. The topological polar surface area (TPSA) is 12.9 Å². The van der Waals surface area contributed by atoms with Crippen LogP contribution in [-0.4, -0.2) is 4.98 Å². The van der Waals surface area contributed by atoms with E-state index in [-0.39, 0.29) is 10.8 Å². The molecule has 1 nitrogen and oxygen atoms in total. The van der Waals surface area contributed by atoms with Gasteiger partial charge in [0.1, 0.15) is 5.15 Å². The summed E-state index contributed by atoms with van der Waals surface area (Å²) in [5.74, 6) is 0. The van der Waals surface area contributed by atoms with Crippen LogP contribution in [0, 0.1) is 0 Å². The third-order valence-electron chi connectivity index (χ3n) is 1.97. The Hall–Kier alpha value is -0.780. The number of hydrogen-bond acceptors (Lipinski definition) is 2. The fourth-order valence-electron chi connectivity index (χ4n) is 1.25. The van der Waals surface area contributed by atoms with E-state index < -0.39 is 11.7 Å². The van der Waals surface area contributed by atoms with Crippen molar-refractivity contribution in [2.45, 2.75) is 6.18 Å². The highest BCUT2D eigenvalue weighted by Gasteiger charge is 2.31. The van der Waals surface area contributed by atoms with Gasteiger partial charge in [0.15, 0.2) is 0 Å². The van der Waals surface area contributed by atoms with E-state index in [2.05, 4.69) is 4.98 Å². The molecule has 0 radical (unpaired) electrons. The third kappa shape index (κ3) is 2.73. The highest BCUT2D eigenvalue weighted by Crippen LogP contribution is 2.37. The summed E-state index contributed by atoms with van der Waals surface area (Å²) >= 11 is 12.6. The standard InChI is InChI=1S/C10H4Cl2F3NS/c11-6-1-2-17-9(6)7-3-5(10(13,14)15)4-8(12)16-7/h1-4H. The second kappa shape index (κ2) is 4.48.